The van der Waals surface area contributed by atoms with Gasteiger partial charge in [0.2, 0.25) is 0 Å². The van der Waals surface area contributed by atoms with Gasteiger partial charge in [-0.05, 0) is 29.1 Å². The molecule has 0 aliphatic heterocycles. The number of guanidine groups is 1. The summed E-state index contributed by atoms with van der Waals surface area (Å²) >= 11 is 11.3. The first-order valence-electron chi connectivity index (χ1n) is 6.10. The van der Waals surface area contributed by atoms with Crippen LogP contribution in [-0.2, 0) is 13.1 Å². The number of hydrogen-bond acceptors (Lipinski definition) is 2. The van der Waals surface area contributed by atoms with Gasteiger partial charge in [-0.15, -0.1) is 11.3 Å². The average Bonchev–Trinajstić information content (AvgIpc) is 2.94. The Bertz CT molecular complexity index is 584. The number of hydrogen-bond donors (Lipinski definition) is 2. The summed E-state index contributed by atoms with van der Waals surface area (Å²) in [5.41, 5.74) is 1.04. The highest BCUT2D eigenvalue weighted by Gasteiger charge is 2.03. The Morgan fingerprint density at radius 1 is 1.30 bits per heavy atom. The average molecular weight is 373 g/mol. The normalized spacial score (nSPS) is 11.4. The largest absolute Gasteiger partial charge is 0.352 e. The predicted molar refractivity (Wildman–Crippen MR) is 90.5 cm³/mol. The minimum absolute atomic E-state index is 0.635. The number of benzene rings is 1. The van der Waals surface area contributed by atoms with Gasteiger partial charge in [-0.25, -0.2) is 0 Å². The van der Waals surface area contributed by atoms with Crippen LogP contribution in [0.1, 0.15) is 10.4 Å². The van der Waals surface area contributed by atoms with E-state index in [0.717, 1.165) is 27.6 Å². The van der Waals surface area contributed by atoms with Crippen LogP contribution >= 0.6 is 38.9 Å². The van der Waals surface area contributed by atoms with Crippen LogP contribution in [0.25, 0.3) is 0 Å². The lowest BCUT2D eigenvalue weighted by molar-refractivity contribution is 0.815. The molecule has 1 aromatic heterocycles. The van der Waals surface area contributed by atoms with Crippen LogP contribution < -0.4 is 10.6 Å². The maximum absolute atomic E-state index is 6.19. The number of rotatable bonds is 4. The fourth-order valence-electron chi connectivity index (χ4n) is 1.65. The predicted octanol–water partition coefficient (Wildman–Crippen LogP) is 4.03. The molecule has 0 spiro atoms. The molecule has 0 radical (unpaired) electrons. The van der Waals surface area contributed by atoms with E-state index in [9.17, 15) is 0 Å². The molecule has 2 N–H and O–H groups in total. The molecule has 3 nitrogen and oxygen atoms in total. The van der Waals surface area contributed by atoms with Crippen molar-refractivity contribution in [1.29, 1.82) is 0 Å². The van der Waals surface area contributed by atoms with Gasteiger partial charge in [0.05, 0.1) is 6.54 Å². The minimum atomic E-state index is 0.635. The van der Waals surface area contributed by atoms with Crippen molar-refractivity contribution < 1.29 is 0 Å². The number of nitrogens with zero attached hydrogens (tertiary/aromatic N) is 1. The summed E-state index contributed by atoms with van der Waals surface area (Å²) in [6.45, 7) is 1.40. The summed E-state index contributed by atoms with van der Waals surface area (Å²) in [7, 11) is 1.76. The van der Waals surface area contributed by atoms with Crippen LogP contribution in [0.5, 0.6) is 0 Å². The SMILES string of the molecule is CN=C(NCc1cccs1)NCc1ccc(Br)cc1Cl. The van der Waals surface area contributed by atoms with E-state index in [4.69, 9.17) is 11.6 Å². The Labute approximate surface area is 136 Å². The molecule has 1 heterocycles. The summed E-state index contributed by atoms with van der Waals surface area (Å²) < 4.78 is 0.978. The maximum atomic E-state index is 6.19. The number of thiophene rings is 1. The molecule has 20 heavy (non-hydrogen) atoms. The summed E-state index contributed by atoms with van der Waals surface area (Å²) in [5, 5.41) is 9.32. The second-order valence-electron chi connectivity index (χ2n) is 4.09. The van der Waals surface area contributed by atoms with Crippen molar-refractivity contribution in [2.75, 3.05) is 7.05 Å². The van der Waals surface area contributed by atoms with Crippen molar-refractivity contribution in [1.82, 2.24) is 10.6 Å². The van der Waals surface area contributed by atoms with Gasteiger partial charge in [-0.2, -0.15) is 0 Å². The van der Waals surface area contributed by atoms with Gasteiger partial charge in [0.15, 0.2) is 5.96 Å². The van der Waals surface area contributed by atoms with E-state index in [1.165, 1.54) is 4.88 Å². The Morgan fingerprint density at radius 2 is 2.10 bits per heavy atom. The summed E-state index contributed by atoms with van der Waals surface area (Å²) in [5.74, 6) is 0.761. The molecule has 0 unspecified atom stereocenters. The topological polar surface area (TPSA) is 36.4 Å². The van der Waals surface area contributed by atoms with E-state index in [1.807, 2.05) is 24.3 Å². The van der Waals surface area contributed by atoms with E-state index in [2.05, 4.69) is 43.0 Å². The summed E-state index contributed by atoms with van der Waals surface area (Å²) in [6, 6.07) is 9.99. The van der Waals surface area contributed by atoms with E-state index >= 15 is 0 Å². The monoisotopic (exact) mass is 371 g/mol. The maximum Gasteiger partial charge on any atom is 0.191 e. The zero-order chi connectivity index (χ0) is 14.4. The van der Waals surface area contributed by atoms with Gasteiger partial charge in [-0.1, -0.05) is 39.7 Å². The van der Waals surface area contributed by atoms with Crippen molar-refractivity contribution in [3.8, 4) is 0 Å². The van der Waals surface area contributed by atoms with E-state index in [0.29, 0.717) is 6.54 Å². The molecule has 0 aliphatic rings. The molecule has 0 aliphatic carbocycles. The highest BCUT2D eigenvalue weighted by Crippen LogP contribution is 2.21. The Balaban J connectivity index is 1.87. The number of nitrogens with one attached hydrogen (secondary N) is 2. The molecule has 0 atom stereocenters. The van der Waals surface area contributed by atoms with E-state index in [1.54, 1.807) is 18.4 Å². The molecule has 0 bridgehead atoms. The molecule has 6 heteroatoms. The molecule has 106 valence electrons. The highest BCUT2D eigenvalue weighted by atomic mass is 79.9. The zero-order valence-electron chi connectivity index (χ0n) is 11.0. The molecule has 1 aromatic carbocycles. The third-order valence-corrected chi connectivity index (χ3v) is 4.42. The summed E-state index contributed by atoms with van der Waals surface area (Å²) in [6.07, 6.45) is 0. The van der Waals surface area contributed by atoms with Crippen molar-refractivity contribution in [2.24, 2.45) is 4.99 Å². The number of halogens is 2. The Morgan fingerprint density at radius 3 is 2.75 bits per heavy atom. The smallest absolute Gasteiger partial charge is 0.191 e. The van der Waals surface area contributed by atoms with Crippen molar-refractivity contribution in [2.45, 2.75) is 13.1 Å². The third-order valence-electron chi connectivity index (χ3n) is 2.70. The molecule has 0 saturated heterocycles. The Hall–Kier alpha value is -1.04. The first-order valence-corrected chi connectivity index (χ1v) is 8.15. The minimum Gasteiger partial charge on any atom is -0.352 e. The van der Waals surface area contributed by atoms with E-state index < -0.39 is 0 Å². The van der Waals surface area contributed by atoms with Crippen LogP contribution in [0.4, 0.5) is 0 Å². The highest BCUT2D eigenvalue weighted by molar-refractivity contribution is 9.10. The molecule has 2 rings (SSSR count). The van der Waals surface area contributed by atoms with Gasteiger partial charge in [0, 0.05) is 28.0 Å². The van der Waals surface area contributed by atoms with Gasteiger partial charge in [-0.3, -0.25) is 4.99 Å². The number of aliphatic imine (C=N–C) groups is 1. The first kappa shape index (κ1) is 15.4. The summed E-state index contributed by atoms with van der Waals surface area (Å²) in [4.78, 5) is 5.47. The van der Waals surface area contributed by atoms with Crippen LogP contribution in [0.3, 0.4) is 0 Å². The molecular formula is C14H15BrClN3S. The van der Waals surface area contributed by atoms with Crippen molar-refractivity contribution in [3.05, 3.63) is 55.6 Å². The lowest BCUT2D eigenvalue weighted by Gasteiger charge is -2.12. The molecule has 0 fully saturated rings. The van der Waals surface area contributed by atoms with Gasteiger partial charge in [0.1, 0.15) is 0 Å². The van der Waals surface area contributed by atoms with Crippen molar-refractivity contribution in [3.63, 3.8) is 0 Å². The molecule has 2 aromatic rings. The quantitative estimate of drug-likeness (QED) is 0.628. The lowest BCUT2D eigenvalue weighted by Crippen LogP contribution is -2.36. The van der Waals surface area contributed by atoms with Gasteiger partial charge < -0.3 is 10.6 Å². The molecule has 0 amide bonds. The standard InChI is InChI=1S/C14H15BrClN3S/c1-17-14(19-9-12-3-2-6-20-12)18-8-10-4-5-11(15)7-13(10)16/h2-7H,8-9H2,1H3,(H2,17,18,19). The molecular weight excluding hydrogens is 358 g/mol. The fraction of sp³-hybridized carbons (Fsp3) is 0.214. The Kier molecular flexibility index (Phi) is 5.88. The molecule has 0 saturated carbocycles. The zero-order valence-corrected chi connectivity index (χ0v) is 14.1. The fourth-order valence-corrected chi connectivity index (χ4v) is 3.03. The van der Waals surface area contributed by atoms with Crippen LogP contribution in [-0.4, -0.2) is 13.0 Å². The van der Waals surface area contributed by atoms with Gasteiger partial charge >= 0.3 is 0 Å². The van der Waals surface area contributed by atoms with Crippen molar-refractivity contribution >= 4 is 44.8 Å². The van der Waals surface area contributed by atoms with Crippen LogP contribution in [0.2, 0.25) is 5.02 Å². The lowest BCUT2D eigenvalue weighted by atomic mass is 10.2. The van der Waals surface area contributed by atoms with Crippen LogP contribution in [0.15, 0.2) is 45.2 Å². The van der Waals surface area contributed by atoms with Crippen LogP contribution in [0, 0.1) is 0 Å². The van der Waals surface area contributed by atoms with E-state index in [-0.39, 0.29) is 0 Å². The first-order chi connectivity index (χ1) is 9.69. The van der Waals surface area contributed by atoms with Gasteiger partial charge in [0.25, 0.3) is 0 Å². The third kappa shape index (κ3) is 4.51. The second-order valence-corrected chi connectivity index (χ2v) is 6.45. The second kappa shape index (κ2) is 7.67.